The topological polar surface area (TPSA) is 94.8 Å². The van der Waals surface area contributed by atoms with Crippen LogP contribution in [0.2, 0.25) is 20.1 Å². The SMILES string of the molecule is O=S(=O)(O)C(c1ccc(Cl)cc1)(c1cc(Cl)ccc1Cl)c1cc(O)cc(O)c1Cl. The Morgan fingerprint density at radius 3 is 1.93 bits per heavy atom. The van der Waals surface area contributed by atoms with E-state index in [9.17, 15) is 23.2 Å². The van der Waals surface area contributed by atoms with Gasteiger partial charge in [-0.25, -0.2) is 0 Å². The molecule has 0 bridgehead atoms. The predicted octanol–water partition coefficient (Wildman–Crippen LogP) is 5.89. The molecule has 3 rings (SSSR count). The molecule has 0 aromatic heterocycles. The zero-order valence-corrected chi connectivity index (χ0v) is 18.1. The highest BCUT2D eigenvalue weighted by atomic mass is 35.5. The Kier molecular flexibility index (Phi) is 5.98. The van der Waals surface area contributed by atoms with E-state index in [4.69, 9.17) is 46.4 Å². The van der Waals surface area contributed by atoms with Crippen molar-refractivity contribution in [2.24, 2.45) is 0 Å². The van der Waals surface area contributed by atoms with Crippen LogP contribution in [0.3, 0.4) is 0 Å². The van der Waals surface area contributed by atoms with Crippen molar-refractivity contribution in [2.45, 2.75) is 4.75 Å². The second-order valence-corrected chi connectivity index (χ2v) is 9.33. The predicted molar refractivity (Wildman–Crippen MR) is 114 cm³/mol. The maximum absolute atomic E-state index is 13.0. The summed E-state index contributed by atoms with van der Waals surface area (Å²) in [4.78, 5) is 0. The Morgan fingerprint density at radius 1 is 0.759 bits per heavy atom. The first kappa shape index (κ1) is 22.0. The normalized spacial score (nSPS) is 13.8. The summed E-state index contributed by atoms with van der Waals surface area (Å²) in [6.45, 7) is 0. The van der Waals surface area contributed by atoms with Gasteiger partial charge in [-0.3, -0.25) is 4.55 Å². The van der Waals surface area contributed by atoms with E-state index in [1.165, 1.54) is 42.5 Å². The summed E-state index contributed by atoms with van der Waals surface area (Å²) < 4.78 is 34.0. The molecule has 0 aliphatic carbocycles. The Bertz CT molecular complexity index is 1200. The molecular weight excluding hydrogens is 482 g/mol. The van der Waals surface area contributed by atoms with Crippen LogP contribution < -0.4 is 0 Å². The number of hydrogen-bond donors (Lipinski definition) is 3. The Labute approximate surface area is 186 Å². The van der Waals surface area contributed by atoms with Gasteiger partial charge in [0.2, 0.25) is 0 Å². The molecule has 10 heteroatoms. The Morgan fingerprint density at radius 2 is 1.34 bits per heavy atom. The summed E-state index contributed by atoms with van der Waals surface area (Å²) in [7, 11) is -5.09. The quantitative estimate of drug-likeness (QED) is 0.311. The molecule has 3 aromatic carbocycles. The van der Waals surface area contributed by atoms with Gasteiger partial charge in [0, 0.05) is 32.3 Å². The summed E-state index contributed by atoms with van der Waals surface area (Å²) in [6.07, 6.45) is 0. The first-order valence-corrected chi connectivity index (χ1v) is 10.8. The fraction of sp³-hybridized carbons (Fsp3) is 0.0526. The van der Waals surface area contributed by atoms with E-state index in [1.54, 1.807) is 0 Å². The molecule has 3 aromatic rings. The van der Waals surface area contributed by atoms with Gasteiger partial charge in [0.05, 0.1) is 5.02 Å². The van der Waals surface area contributed by atoms with Crippen LogP contribution in [0.15, 0.2) is 54.6 Å². The number of benzene rings is 3. The van der Waals surface area contributed by atoms with Crippen LogP contribution in [0.1, 0.15) is 16.7 Å². The number of phenolic OH excluding ortho intramolecular Hbond substituents is 2. The van der Waals surface area contributed by atoms with Crippen molar-refractivity contribution in [3.05, 3.63) is 91.4 Å². The largest absolute Gasteiger partial charge is 0.508 e. The summed E-state index contributed by atoms with van der Waals surface area (Å²) in [6, 6.07) is 11.5. The first-order valence-electron chi connectivity index (χ1n) is 7.89. The summed E-state index contributed by atoms with van der Waals surface area (Å²) >= 11 is 24.6. The summed E-state index contributed by atoms with van der Waals surface area (Å²) in [5.74, 6) is -1.08. The average Bonchev–Trinajstić information content (AvgIpc) is 2.62. The van der Waals surface area contributed by atoms with Crippen molar-refractivity contribution in [3.63, 3.8) is 0 Å². The van der Waals surface area contributed by atoms with Crippen LogP contribution in [0.4, 0.5) is 0 Å². The Hall–Kier alpha value is -1.67. The lowest BCUT2D eigenvalue weighted by Crippen LogP contribution is -2.38. The average molecular weight is 494 g/mol. The van der Waals surface area contributed by atoms with E-state index < -0.39 is 31.4 Å². The molecule has 0 spiro atoms. The molecule has 5 nitrogen and oxygen atoms in total. The summed E-state index contributed by atoms with van der Waals surface area (Å²) in [5.41, 5.74) is -0.463. The minimum Gasteiger partial charge on any atom is -0.508 e. The highest BCUT2D eigenvalue weighted by molar-refractivity contribution is 7.87. The van der Waals surface area contributed by atoms with Crippen molar-refractivity contribution in [1.29, 1.82) is 0 Å². The third kappa shape index (κ3) is 3.77. The highest BCUT2D eigenvalue weighted by Gasteiger charge is 2.51. The van der Waals surface area contributed by atoms with Crippen molar-refractivity contribution in [1.82, 2.24) is 0 Å². The lowest BCUT2D eigenvalue weighted by atomic mass is 9.83. The van der Waals surface area contributed by atoms with Gasteiger partial charge in [0.1, 0.15) is 11.5 Å². The minimum atomic E-state index is -5.09. The second-order valence-electron chi connectivity index (χ2n) is 6.11. The third-order valence-corrected chi connectivity index (χ3v) is 7.03. The number of rotatable bonds is 4. The fourth-order valence-electron chi connectivity index (χ4n) is 3.19. The third-order valence-electron chi connectivity index (χ3n) is 4.36. The van der Waals surface area contributed by atoms with Crippen LogP contribution in [0.5, 0.6) is 11.5 Å². The van der Waals surface area contributed by atoms with Gasteiger partial charge in [0.25, 0.3) is 10.1 Å². The molecule has 0 saturated heterocycles. The molecule has 0 fully saturated rings. The number of aromatic hydroxyl groups is 2. The molecule has 0 heterocycles. The molecular formula is C19H12Cl4O5S. The molecule has 0 radical (unpaired) electrons. The zero-order valence-electron chi connectivity index (χ0n) is 14.3. The van der Waals surface area contributed by atoms with E-state index in [-0.39, 0.29) is 26.7 Å². The maximum Gasteiger partial charge on any atom is 0.283 e. The smallest absolute Gasteiger partial charge is 0.283 e. The van der Waals surface area contributed by atoms with Crippen molar-refractivity contribution < 1.29 is 23.2 Å². The second kappa shape index (κ2) is 7.87. The lowest BCUT2D eigenvalue weighted by molar-refractivity contribution is 0.444. The summed E-state index contributed by atoms with van der Waals surface area (Å²) in [5, 5.41) is 20.1. The molecule has 0 aliphatic rings. The van der Waals surface area contributed by atoms with Crippen LogP contribution in [0, 0.1) is 0 Å². The highest BCUT2D eigenvalue weighted by Crippen LogP contribution is 2.51. The van der Waals surface area contributed by atoms with Crippen LogP contribution in [-0.2, 0) is 14.9 Å². The zero-order chi connectivity index (χ0) is 21.6. The van der Waals surface area contributed by atoms with Crippen LogP contribution in [0.25, 0.3) is 0 Å². The number of phenols is 2. The molecule has 152 valence electrons. The van der Waals surface area contributed by atoms with Gasteiger partial charge < -0.3 is 10.2 Å². The van der Waals surface area contributed by atoms with Crippen molar-refractivity contribution >= 4 is 56.5 Å². The number of halogens is 4. The standard InChI is InChI=1S/C19H12Cl4O5S/c20-11-3-1-10(2-4-11)19(29(26,27)28,14-7-12(21)5-6-16(14)22)15-8-13(24)9-17(25)18(15)23/h1-9,24-25H,(H,26,27,28). The molecule has 29 heavy (non-hydrogen) atoms. The molecule has 3 N–H and O–H groups in total. The van der Waals surface area contributed by atoms with E-state index in [0.717, 1.165) is 12.1 Å². The van der Waals surface area contributed by atoms with Gasteiger partial charge in [0.15, 0.2) is 4.75 Å². The first-order chi connectivity index (χ1) is 13.5. The minimum absolute atomic E-state index is 0.000432. The fourth-order valence-corrected chi connectivity index (χ4v) is 5.43. The molecule has 1 atom stereocenters. The van der Waals surface area contributed by atoms with Gasteiger partial charge >= 0.3 is 0 Å². The van der Waals surface area contributed by atoms with Gasteiger partial charge in [-0.2, -0.15) is 8.42 Å². The molecule has 0 aliphatic heterocycles. The van der Waals surface area contributed by atoms with E-state index in [1.807, 2.05) is 0 Å². The molecule has 0 amide bonds. The van der Waals surface area contributed by atoms with E-state index >= 15 is 0 Å². The van der Waals surface area contributed by atoms with E-state index in [2.05, 4.69) is 0 Å². The molecule has 1 unspecified atom stereocenters. The van der Waals surface area contributed by atoms with Gasteiger partial charge in [-0.15, -0.1) is 0 Å². The lowest BCUT2D eigenvalue weighted by Gasteiger charge is -2.34. The Balaban J connectivity index is 2.63. The molecule has 0 saturated carbocycles. The van der Waals surface area contributed by atoms with Gasteiger partial charge in [-0.05, 0) is 42.0 Å². The monoisotopic (exact) mass is 492 g/mol. The number of hydrogen-bond acceptors (Lipinski definition) is 4. The van der Waals surface area contributed by atoms with Gasteiger partial charge in [-0.1, -0.05) is 58.5 Å². The van der Waals surface area contributed by atoms with Crippen molar-refractivity contribution in [3.8, 4) is 11.5 Å². The van der Waals surface area contributed by atoms with Crippen LogP contribution >= 0.6 is 46.4 Å². The van der Waals surface area contributed by atoms with E-state index in [0.29, 0.717) is 5.02 Å². The maximum atomic E-state index is 13.0. The van der Waals surface area contributed by atoms with Crippen molar-refractivity contribution in [2.75, 3.05) is 0 Å². The van der Waals surface area contributed by atoms with Crippen LogP contribution in [-0.4, -0.2) is 23.2 Å².